The molecule has 0 aliphatic carbocycles. The van der Waals surface area contributed by atoms with Crippen molar-refractivity contribution in [3.63, 3.8) is 0 Å². The van der Waals surface area contributed by atoms with E-state index in [1.807, 2.05) is 6.92 Å². The molecule has 0 bridgehead atoms. The first-order valence-electron chi connectivity index (χ1n) is 10.7. The Labute approximate surface area is 196 Å². The van der Waals surface area contributed by atoms with Crippen LogP contribution >= 0.6 is 11.6 Å². The molecule has 0 aromatic carbocycles. The predicted octanol–water partition coefficient (Wildman–Crippen LogP) is 4.71. The first-order valence-corrected chi connectivity index (χ1v) is 11.1. The molecule has 2 saturated heterocycles. The lowest BCUT2D eigenvalue weighted by atomic mass is 9.96. The number of carbonyl (C=O) groups excluding carboxylic acids is 2. The van der Waals surface area contributed by atoms with Gasteiger partial charge in [-0.1, -0.05) is 11.6 Å². The molecule has 5 rings (SSSR count). The minimum Gasteiger partial charge on any atom is -0.472 e. The van der Waals surface area contributed by atoms with E-state index in [1.54, 1.807) is 4.90 Å². The maximum absolute atomic E-state index is 13.9. The van der Waals surface area contributed by atoms with Gasteiger partial charge in [0, 0.05) is 36.0 Å². The summed E-state index contributed by atoms with van der Waals surface area (Å²) in [6.07, 6.45) is 0.0270. The van der Waals surface area contributed by atoms with Crippen molar-refractivity contribution in [2.75, 3.05) is 19.7 Å². The van der Waals surface area contributed by atoms with Crippen molar-refractivity contribution in [3.8, 4) is 11.1 Å². The van der Waals surface area contributed by atoms with Gasteiger partial charge in [-0.2, -0.15) is 13.2 Å². The minimum absolute atomic E-state index is 0.0695. The standard InChI is InChI=1S/C22H20ClF3N4O4/c1-12-8-15(29-5-7-34-21(29)32)2-4-28(12)20(31)17-18(23)30-10-14(13-3-6-33-11-13)9-16(19(30)27-17)22(24,25)26/h3,6,9-12,15H,2,4-5,7-8H2,1H3/t12-,15-/m0/s1. The van der Waals surface area contributed by atoms with Gasteiger partial charge in [-0.25, -0.2) is 9.78 Å². The van der Waals surface area contributed by atoms with E-state index in [0.29, 0.717) is 38.1 Å². The van der Waals surface area contributed by atoms with E-state index in [9.17, 15) is 22.8 Å². The SMILES string of the molecule is C[C@H]1C[C@@H](N2CCOC2=O)CCN1C(=O)c1nc2c(C(F)(F)F)cc(-c3ccoc3)cn2c1Cl. The fraction of sp³-hybridized carbons (Fsp3) is 0.409. The maximum atomic E-state index is 13.9. The van der Waals surface area contributed by atoms with Gasteiger partial charge in [0.15, 0.2) is 11.3 Å². The number of imidazole rings is 1. The molecule has 5 heterocycles. The summed E-state index contributed by atoms with van der Waals surface area (Å²) in [7, 11) is 0. The topological polar surface area (TPSA) is 80.3 Å². The average molecular weight is 497 g/mol. The Morgan fingerprint density at radius 3 is 2.68 bits per heavy atom. The summed E-state index contributed by atoms with van der Waals surface area (Å²) >= 11 is 6.42. The number of amides is 2. The Bertz CT molecular complexity index is 1260. The molecule has 2 aliphatic heterocycles. The van der Waals surface area contributed by atoms with Crippen molar-refractivity contribution < 1.29 is 31.9 Å². The Morgan fingerprint density at radius 2 is 2.06 bits per heavy atom. The molecule has 2 amide bonds. The molecule has 0 unspecified atom stereocenters. The number of rotatable bonds is 3. The van der Waals surface area contributed by atoms with Gasteiger partial charge in [0.1, 0.15) is 11.8 Å². The molecule has 2 atom stereocenters. The molecule has 12 heteroatoms. The van der Waals surface area contributed by atoms with Crippen LogP contribution in [0.25, 0.3) is 16.8 Å². The second-order valence-electron chi connectivity index (χ2n) is 8.43. The highest BCUT2D eigenvalue weighted by Crippen LogP contribution is 2.37. The number of nitrogens with zero attached hydrogens (tertiary/aromatic N) is 4. The number of likely N-dealkylation sites (tertiary alicyclic amines) is 1. The molecular weight excluding hydrogens is 477 g/mol. The van der Waals surface area contributed by atoms with E-state index in [4.69, 9.17) is 20.8 Å². The lowest BCUT2D eigenvalue weighted by Crippen LogP contribution is -2.51. The van der Waals surface area contributed by atoms with Gasteiger partial charge in [-0.05, 0) is 31.9 Å². The third-order valence-corrected chi connectivity index (χ3v) is 6.73. The highest BCUT2D eigenvalue weighted by molar-refractivity contribution is 6.33. The van der Waals surface area contributed by atoms with Gasteiger partial charge in [0.05, 0.1) is 24.6 Å². The van der Waals surface area contributed by atoms with Crippen molar-refractivity contribution in [2.24, 2.45) is 0 Å². The number of ether oxygens (including phenoxy) is 1. The smallest absolute Gasteiger partial charge is 0.420 e. The number of alkyl halides is 3. The number of cyclic esters (lactones) is 1. The number of aromatic nitrogens is 2. The maximum Gasteiger partial charge on any atom is 0.420 e. The summed E-state index contributed by atoms with van der Waals surface area (Å²) in [6.45, 7) is 2.98. The number of carbonyl (C=O) groups is 2. The van der Waals surface area contributed by atoms with E-state index in [1.165, 1.54) is 29.7 Å². The number of hydrogen-bond acceptors (Lipinski definition) is 5. The zero-order valence-electron chi connectivity index (χ0n) is 18.0. The van der Waals surface area contributed by atoms with Gasteiger partial charge >= 0.3 is 12.3 Å². The third kappa shape index (κ3) is 3.77. The number of hydrogen-bond donors (Lipinski definition) is 0. The molecule has 0 N–H and O–H groups in total. The van der Waals surface area contributed by atoms with Crippen LogP contribution in [-0.4, -0.2) is 63.0 Å². The van der Waals surface area contributed by atoms with Crippen molar-refractivity contribution in [2.45, 2.75) is 38.0 Å². The van der Waals surface area contributed by atoms with E-state index < -0.39 is 23.3 Å². The van der Waals surface area contributed by atoms with Crippen LogP contribution in [-0.2, 0) is 10.9 Å². The largest absolute Gasteiger partial charge is 0.472 e. The van der Waals surface area contributed by atoms with Gasteiger partial charge in [-0.3, -0.25) is 9.20 Å². The zero-order valence-corrected chi connectivity index (χ0v) is 18.8. The van der Waals surface area contributed by atoms with Crippen molar-refractivity contribution in [1.82, 2.24) is 19.2 Å². The van der Waals surface area contributed by atoms with E-state index in [0.717, 1.165) is 10.5 Å². The first-order chi connectivity index (χ1) is 16.1. The van der Waals surface area contributed by atoms with Crippen molar-refractivity contribution >= 4 is 29.2 Å². The third-order valence-electron chi connectivity index (χ3n) is 6.37. The van der Waals surface area contributed by atoms with E-state index >= 15 is 0 Å². The molecule has 8 nitrogen and oxygen atoms in total. The highest BCUT2D eigenvalue weighted by Gasteiger charge is 2.39. The van der Waals surface area contributed by atoms with Crippen LogP contribution in [0.15, 0.2) is 35.3 Å². The molecule has 3 aromatic rings. The molecule has 0 radical (unpaired) electrons. The Balaban J connectivity index is 1.48. The van der Waals surface area contributed by atoms with Gasteiger partial charge in [0.2, 0.25) is 0 Å². The van der Waals surface area contributed by atoms with Crippen LogP contribution in [0.2, 0.25) is 5.15 Å². The number of piperidine rings is 1. The molecule has 34 heavy (non-hydrogen) atoms. The minimum atomic E-state index is -4.72. The van der Waals surface area contributed by atoms with Crippen LogP contribution < -0.4 is 0 Å². The Kier molecular flexibility index (Phi) is 5.46. The van der Waals surface area contributed by atoms with Crippen LogP contribution in [0.5, 0.6) is 0 Å². The molecular formula is C22H20ClF3N4O4. The normalized spacial score (nSPS) is 21.4. The fourth-order valence-corrected chi connectivity index (χ4v) is 4.91. The van der Waals surface area contributed by atoms with Crippen molar-refractivity contribution in [1.29, 1.82) is 0 Å². The predicted molar refractivity (Wildman–Crippen MR) is 114 cm³/mol. The molecule has 0 saturated carbocycles. The Hall–Kier alpha value is -3.21. The van der Waals surface area contributed by atoms with Crippen molar-refractivity contribution in [3.05, 3.63) is 47.3 Å². The lowest BCUT2D eigenvalue weighted by molar-refractivity contribution is -0.136. The summed E-state index contributed by atoms with van der Waals surface area (Å²) in [4.78, 5) is 32.4. The van der Waals surface area contributed by atoms with E-state index in [2.05, 4.69) is 4.98 Å². The van der Waals surface area contributed by atoms with Crippen LogP contribution in [0.4, 0.5) is 18.0 Å². The van der Waals surface area contributed by atoms with Crippen LogP contribution in [0.3, 0.4) is 0 Å². The molecule has 0 spiro atoms. The molecule has 2 aliphatic rings. The second kappa shape index (κ2) is 8.23. The zero-order chi connectivity index (χ0) is 24.2. The van der Waals surface area contributed by atoms with Gasteiger partial charge in [-0.15, -0.1) is 0 Å². The van der Waals surface area contributed by atoms with Crippen LogP contribution in [0.1, 0.15) is 35.8 Å². The number of pyridine rings is 1. The van der Waals surface area contributed by atoms with E-state index in [-0.39, 0.29) is 34.6 Å². The number of halogens is 4. The summed E-state index contributed by atoms with van der Waals surface area (Å²) < 4.78 is 52.7. The highest BCUT2D eigenvalue weighted by atomic mass is 35.5. The fourth-order valence-electron chi connectivity index (χ4n) is 4.65. The monoisotopic (exact) mass is 496 g/mol. The van der Waals surface area contributed by atoms with Gasteiger partial charge < -0.3 is 19.0 Å². The Morgan fingerprint density at radius 1 is 1.26 bits per heavy atom. The molecule has 2 fully saturated rings. The second-order valence-corrected chi connectivity index (χ2v) is 8.79. The van der Waals surface area contributed by atoms with Crippen LogP contribution in [0, 0.1) is 0 Å². The number of furan rings is 1. The summed E-state index contributed by atoms with van der Waals surface area (Å²) in [5.74, 6) is -0.554. The molecule has 3 aromatic heterocycles. The first kappa shape index (κ1) is 22.6. The molecule has 180 valence electrons. The summed E-state index contributed by atoms with van der Waals surface area (Å²) in [5, 5.41) is -0.201. The number of fused-ring (bicyclic) bond motifs is 1. The summed E-state index contributed by atoms with van der Waals surface area (Å²) in [5.41, 5.74) is -1.05. The summed E-state index contributed by atoms with van der Waals surface area (Å²) in [6, 6.07) is 2.14. The quantitative estimate of drug-likeness (QED) is 0.524. The average Bonchev–Trinajstić information content (AvgIpc) is 3.53. The van der Waals surface area contributed by atoms with Gasteiger partial charge in [0.25, 0.3) is 5.91 Å². The lowest BCUT2D eigenvalue weighted by Gasteiger charge is -2.40.